The summed E-state index contributed by atoms with van der Waals surface area (Å²) < 4.78 is 21.1. The molecule has 26 heavy (non-hydrogen) atoms. The first-order valence-electron chi connectivity index (χ1n) is 9.07. The molecule has 1 aromatic heterocycles. The van der Waals surface area contributed by atoms with Gasteiger partial charge in [0.25, 0.3) is 0 Å². The molecule has 4 rings (SSSR count). The Balaban J connectivity index is 1.46. The molecule has 3 heterocycles. The van der Waals surface area contributed by atoms with Gasteiger partial charge in [0.05, 0.1) is 31.9 Å². The number of nitrogens with one attached hydrogen (secondary N) is 1. The lowest BCUT2D eigenvalue weighted by atomic mass is 9.98. The summed E-state index contributed by atoms with van der Waals surface area (Å²) in [5.41, 5.74) is 1.62. The summed E-state index contributed by atoms with van der Waals surface area (Å²) in [4.78, 5) is 12.5. The third-order valence-electron chi connectivity index (χ3n) is 6.12. The van der Waals surface area contributed by atoms with E-state index in [4.69, 9.17) is 4.74 Å². The van der Waals surface area contributed by atoms with Crippen LogP contribution >= 0.6 is 11.3 Å². The zero-order valence-corrected chi connectivity index (χ0v) is 15.9. The van der Waals surface area contributed by atoms with E-state index >= 15 is 0 Å². The number of anilines is 1. The molecular formula is C20H24FN2O2S+. The van der Waals surface area contributed by atoms with Crippen LogP contribution in [0.25, 0.3) is 11.1 Å². The maximum Gasteiger partial charge on any atom is 0.411 e. The molecule has 0 saturated carbocycles. The van der Waals surface area contributed by atoms with E-state index in [9.17, 15) is 9.18 Å². The number of piperidine rings is 1. The monoisotopic (exact) mass is 375 g/mol. The second-order valence-electron chi connectivity index (χ2n) is 7.81. The number of carbonyl (C=O) groups excluding carboxylic acids is 1. The maximum absolute atomic E-state index is 14.3. The molecule has 0 spiro atoms. The van der Waals surface area contributed by atoms with E-state index in [0.717, 1.165) is 22.9 Å². The van der Waals surface area contributed by atoms with E-state index in [1.807, 2.05) is 16.8 Å². The van der Waals surface area contributed by atoms with Crippen LogP contribution in [-0.2, 0) is 4.74 Å². The predicted molar refractivity (Wildman–Crippen MR) is 102 cm³/mol. The number of quaternary nitrogens is 1. The van der Waals surface area contributed by atoms with Crippen molar-refractivity contribution in [2.75, 3.05) is 19.4 Å². The van der Waals surface area contributed by atoms with Gasteiger partial charge in [-0.2, -0.15) is 11.3 Å². The zero-order valence-electron chi connectivity index (χ0n) is 15.1. The standard InChI is InChI=1S/C20H23FN2O2S/c1-23(2)14-6-7-15(23)11-16(10-14)25-20(24)22-18-5-3-4-17(21)19(18)13-8-9-26-12-13/h3-5,8-9,12,14-16H,6-7,10-11H2,1-2H3/p+1. The molecule has 2 unspecified atom stereocenters. The van der Waals surface area contributed by atoms with E-state index in [1.54, 1.807) is 12.1 Å². The van der Waals surface area contributed by atoms with Crippen LogP contribution in [-0.4, -0.2) is 42.9 Å². The number of rotatable bonds is 3. The largest absolute Gasteiger partial charge is 0.445 e. The molecule has 6 heteroatoms. The number of ether oxygens (including phenoxy) is 1. The summed E-state index contributed by atoms with van der Waals surface area (Å²) in [7, 11) is 4.55. The van der Waals surface area contributed by atoms with E-state index in [-0.39, 0.29) is 11.9 Å². The molecule has 1 amide bonds. The van der Waals surface area contributed by atoms with Crippen molar-refractivity contribution in [3.8, 4) is 11.1 Å². The van der Waals surface area contributed by atoms with Crippen molar-refractivity contribution in [3.05, 3.63) is 40.8 Å². The topological polar surface area (TPSA) is 38.3 Å². The van der Waals surface area contributed by atoms with Gasteiger partial charge in [-0.3, -0.25) is 5.32 Å². The predicted octanol–water partition coefficient (Wildman–Crippen LogP) is 4.87. The first-order valence-corrected chi connectivity index (χ1v) is 10.0. The van der Waals surface area contributed by atoms with E-state index < -0.39 is 6.09 Å². The fourth-order valence-corrected chi connectivity index (χ4v) is 5.19. The molecule has 2 saturated heterocycles. The fourth-order valence-electron chi connectivity index (χ4n) is 4.55. The third kappa shape index (κ3) is 3.12. The van der Waals surface area contributed by atoms with Crippen LogP contribution in [0.4, 0.5) is 14.9 Å². The smallest absolute Gasteiger partial charge is 0.411 e. The molecule has 2 bridgehead atoms. The molecule has 4 nitrogen and oxygen atoms in total. The molecule has 2 aromatic rings. The van der Waals surface area contributed by atoms with E-state index in [2.05, 4.69) is 19.4 Å². The Labute approximate surface area is 157 Å². The minimum Gasteiger partial charge on any atom is -0.445 e. The molecular weight excluding hydrogens is 351 g/mol. The molecule has 0 aliphatic carbocycles. The highest BCUT2D eigenvalue weighted by molar-refractivity contribution is 7.08. The van der Waals surface area contributed by atoms with Gasteiger partial charge in [0.1, 0.15) is 11.9 Å². The van der Waals surface area contributed by atoms with Gasteiger partial charge in [0.2, 0.25) is 0 Å². The summed E-state index contributed by atoms with van der Waals surface area (Å²) in [5.74, 6) is -0.351. The number of halogens is 1. The number of thiophene rings is 1. The van der Waals surface area contributed by atoms with E-state index in [1.165, 1.54) is 30.2 Å². The number of hydrogen-bond donors (Lipinski definition) is 1. The van der Waals surface area contributed by atoms with Crippen LogP contribution in [0.3, 0.4) is 0 Å². The quantitative estimate of drug-likeness (QED) is 0.777. The zero-order chi connectivity index (χ0) is 18.3. The van der Waals surface area contributed by atoms with Crippen molar-refractivity contribution in [2.45, 2.75) is 43.9 Å². The third-order valence-corrected chi connectivity index (χ3v) is 6.80. The first kappa shape index (κ1) is 17.5. The fraction of sp³-hybridized carbons (Fsp3) is 0.450. The molecule has 2 aliphatic rings. The summed E-state index contributed by atoms with van der Waals surface area (Å²) >= 11 is 1.49. The Hall–Kier alpha value is -1.92. The number of fused-ring (bicyclic) bond motifs is 2. The molecule has 2 fully saturated rings. The van der Waals surface area contributed by atoms with Crippen molar-refractivity contribution in [3.63, 3.8) is 0 Å². The number of amides is 1. The summed E-state index contributed by atoms with van der Waals surface area (Å²) in [6.45, 7) is 0. The highest BCUT2D eigenvalue weighted by Gasteiger charge is 2.49. The normalized spacial score (nSPS) is 26.5. The lowest BCUT2D eigenvalue weighted by Gasteiger charge is -2.43. The second kappa shape index (κ2) is 6.67. The van der Waals surface area contributed by atoms with Crippen molar-refractivity contribution >= 4 is 23.1 Å². The van der Waals surface area contributed by atoms with Crippen molar-refractivity contribution < 1.29 is 18.4 Å². The SMILES string of the molecule is C[N+]1(C)C2CCC1CC(OC(=O)Nc1cccc(F)c1-c1ccsc1)C2. The van der Waals surface area contributed by atoms with Crippen molar-refractivity contribution in [2.24, 2.45) is 0 Å². The Kier molecular flexibility index (Phi) is 4.49. The maximum atomic E-state index is 14.3. The van der Waals surface area contributed by atoms with Gasteiger partial charge >= 0.3 is 6.09 Å². The van der Waals surface area contributed by atoms with Gasteiger partial charge in [0, 0.05) is 31.2 Å². The van der Waals surface area contributed by atoms with Gasteiger partial charge in [-0.15, -0.1) is 0 Å². The minimum absolute atomic E-state index is 0.0585. The first-order chi connectivity index (χ1) is 12.4. The van der Waals surface area contributed by atoms with Crippen LogP contribution in [0.15, 0.2) is 35.0 Å². The van der Waals surface area contributed by atoms with Crippen LogP contribution in [0, 0.1) is 5.82 Å². The summed E-state index contributed by atoms with van der Waals surface area (Å²) in [6.07, 6.45) is 3.64. The van der Waals surface area contributed by atoms with Gasteiger partial charge < -0.3 is 9.22 Å². The van der Waals surface area contributed by atoms with Gasteiger partial charge in [-0.1, -0.05) is 6.07 Å². The number of hydrogen-bond acceptors (Lipinski definition) is 3. The minimum atomic E-state index is -0.497. The number of benzene rings is 1. The number of nitrogens with zero attached hydrogens (tertiary/aromatic N) is 1. The summed E-state index contributed by atoms with van der Waals surface area (Å²) in [5, 5.41) is 6.52. The van der Waals surface area contributed by atoms with Gasteiger partial charge in [-0.05, 0) is 34.5 Å². The van der Waals surface area contributed by atoms with Crippen LogP contribution in [0.1, 0.15) is 25.7 Å². The Morgan fingerprint density at radius 1 is 1.23 bits per heavy atom. The Morgan fingerprint density at radius 3 is 2.62 bits per heavy atom. The summed E-state index contributed by atoms with van der Waals surface area (Å²) in [6, 6.07) is 7.67. The van der Waals surface area contributed by atoms with E-state index in [0.29, 0.717) is 23.3 Å². The molecule has 138 valence electrons. The lowest BCUT2D eigenvalue weighted by Crippen LogP contribution is -2.56. The van der Waals surface area contributed by atoms with Gasteiger partial charge in [-0.25, -0.2) is 9.18 Å². The average molecular weight is 375 g/mol. The van der Waals surface area contributed by atoms with Crippen molar-refractivity contribution in [1.29, 1.82) is 0 Å². The second-order valence-corrected chi connectivity index (χ2v) is 8.59. The molecule has 0 radical (unpaired) electrons. The van der Waals surface area contributed by atoms with Gasteiger partial charge in [0.15, 0.2) is 0 Å². The van der Waals surface area contributed by atoms with Crippen molar-refractivity contribution in [1.82, 2.24) is 0 Å². The molecule has 1 aromatic carbocycles. The highest BCUT2D eigenvalue weighted by atomic mass is 32.1. The average Bonchev–Trinajstić information content (AvgIpc) is 3.11. The van der Waals surface area contributed by atoms with Crippen LogP contribution < -0.4 is 5.32 Å². The molecule has 2 aliphatic heterocycles. The Morgan fingerprint density at radius 2 is 1.96 bits per heavy atom. The molecule has 1 N–H and O–H groups in total. The lowest BCUT2D eigenvalue weighted by molar-refractivity contribution is -0.931. The Bertz CT molecular complexity index is 790. The molecule has 2 atom stereocenters. The van der Waals surface area contributed by atoms with Crippen LogP contribution in [0.2, 0.25) is 0 Å². The van der Waals surface area contributed by atoms with Crippen LogP contribution in [0.5, 0.6) is 0 Å². The highest BCUT2D eigenvalue weighted by Crippen LogP contribution is 2.40. The number of carbonyl (C=O) groups is 1.